The maximum absolute atomic E-state index is 13.0. The summed E-state index contributed by atoms with van der Waals surface area (Å²) in [4.78, 5) is 3.88. The average molecular weight is 213 g/mol. The molecule has 80 valence electrons. The van der Waals surface area contributed by atoms with E-state index in [1.807, 2.05) is 0 Å². The summed E-state index contributed by atoms with van der Waals surface area (Å²) < 4.78 is 25.9. The fraction of sp³-hybridized carbons (Fsp3) is 0.375. The predicted molar refractivity (Wildman–Crippen MR) is 49.4 cm³/mol. The second kappa shape index (κ2) is 3.50. The number of alkyl halides is 2. The van der Waals surface area contributed by atoms with Crippen LogP contribution in [0.25, 0.3) is 11.2 Å². The molecule has 0 atom stereocenters. The Kier molecular flexibility index (Phi) is 2.31. The van der Waals surface area contributed by atoms with Gasteiger partial charge in [0, 0.05) is 12.6 Å². The molecular formula is C8H9F2N5. The number of halogens is 2. The lowest BCUT2D eigenvalue weighted by Crippen LogP contribution is -2.30. The SMILES string of the molecule is NCC(F)(F)Cc1cnc2n[nH]nc2c1. The first kappa shape index (κ1) is 9.91. The minimum Gasteiger partial charge on any atom is -0.325 e. The van der Waals surface area contributed by atoms with Crippen LogP contribution in [0.3, 0.4) is 0 Å². The molecular weight excluding hydrogens is 204 g/mol. The normalized spacial score (nSPS) is 12.2. The summed E-state index contributed by atoms with van der Waals surface area (Å²) in [7, 11) is 0. The van der Waals surface area contributed by atoms with Gasteiger partial charge < -0.3 is 5.73 Å². The number of nitrogens with two attached hydrogens (primary N) is 1. The first-order chi connectivity index (χ1) is 7.11. The summed E-state index contributed by atoms with van der Waals surface area (Å²) in [6.07, 6.45) is 0.924. The number of aromatic amines is 1. The van der Waals surface area contributed by atoms with E-state index in [0.717, 1.165) is 0 Å². The van der Waals surface area contributed by atoms with Gasteiger partial charge in [0.25, 0.3) is 5.92 Å². The molecule has 15 heavy (non-hydrogen) atoms. The first-order valence-electron chi connectivity index (χ1n) is 4.34. The van der Waals surface area contributed by atoms with Crippen molar-refractivity contribution in [2.45, 2.75) is 12.3 Å². The van der Waals surface area contributed by atoms with Crippen LogP contribution in [0.4, 0.5) is 8.78 Å². The number of rotatable bonds is 3. The van der Waals surface area contributed by atoms with Crippen molar-refractivity contribution in [1.29, 1.82) is 0 Å². The van der Waals surface area contributed by atoms with E-state index in [2.05, 4.69) is 20.4 Å². The largest absolute Gasteiger partial charge is 0.325 e. The van der Waals surface area contributed by atoms with E-state index < -0.39 is 18.9 Å². The van der Waals surface area contributed by atoms with Crippen molar-refractivity contribution in [2.24, 2.45) is 5.73 Å². The van der Waals surface area contributed by atoms with E-state index in [1.165, 1.54) is 12.3 Å². The van der Waals surface area contributed by atoms with Gasteiger partial charge in [0.15, 0.2) is 0 Å². The highest BCUT2D eigenvalue weighted by atomic mass is 19.3. The van der Waals surface area contributed by atoms with Crippen LogP contribution in [0.15, 0.2) is 12.3 Å². The fourth-order valence-electron chi connectivity index (χ4n) is 1.25. The molecule has 0 radical (unpaired) electrons. The lowest BCUT2D eigenvalue weighted by Gasteiger charge is -2.12. The van der Waals surface area contributed by atoms with Crippen molar-refractivity contribution < 1.29 is 8.78 Å². The van der Waals surface area contributed by atoms with Gasteiger partial charge in [-0.15, -0.1) is 5.10 Å². The van der Waals surface area contributed by atoms with Crippen molar-refractivity contribution in [3.63, 3.8) is 0 Å². The Bertz CT molecular complexity index is 467. The lowest BCUT2D eigenvalue weighted by atomic mass is 10.1. The second-order valence-corrected chi connectivity index (χ2v) is 3.25. The molecule has 2 heterocycles. The van der Waals surface area contributed by atoms with E-state index in [4.69, 9.17) is 5.73 Å². The molecule has 7 heteroatoms. The van der Waals surface area contributed by atoms with E-state index in [0.29, 0.717) is 16.7 Å². The summed E-state index contributed by atoms with van der Waals surface area (Å²) in [6.45, 7) is -0.677. The zero-order chi connectivity index (χ0) is 10.9. The molecule has 0 amide bonds. The Morgan fingerprint density at radius 2 is 2.20 bits per heavy atom. The van der Waals surface area contributed by atoms with Crippen LogP contribution in [0.1, 0.15) is 5.56 Å². The molecule has 0 aliphatic heterocycles. The van der Waals surface area contributed by atoms with Gasteiger partial charge in [-0.2, -0.15) is 10.3 Å². The van der Waals surface area contributed by atoms with Gasteiger partial charge in [0.1, 0.15) is 5.52 Å². The molecule has 2 rings (SSSR count). The molecule has 0 aromatic carbocycles. The topological polar surface area (TPSA) is 80.5 Å². The monoisotopic (exact) mass is 213 g/mol. The molecule has 2 aromatic heterocycles. The van der Waals surface area contributed by atoms with Gasteiger partial charge in [-0.3, -0.25) is 0 Å². The molecule has 0 spiro atoms. The summed E-state index contributed by atoms with van der Waals surface area (Å²) in [5.41, 5.74) is 6.22. The van der Waals surface area contributed by atoms with Gasteiger partial charge in [0.05, 0.1) is 6.54 Å². The Balaban J connectivity index is 2.28. The number of hydrogen-bond acceptors (Lipinski definition) is 4. The van der Waals surface area contributed by atoms with Crippen LogP contribution in [0, 0.1) is 0 Å². The zero-order valence-electron chi connectivity index (χ0n) is 7.74. The summed E-state index contributed by atoms with van der Waals surface area (Å²) >= 11 is 0. The number of pyridine rings is 1. The predicted octanol–water partition coefficient (Wildman–Crippen LogP) is 0.489. The third-order valence-corrected chi connectivity index (χ3v) is 1.99. The fourth-order valence-corrected chi connectivity index (χ4v) is 1.25. The van der Waals surface area contributed by atoms with Crippen molar-refractivity contribution in [3.05, 3.63) is 17.8 Å². The third-order valence-electron chi connectivity index (χ3n) is 1.99. The van der Waals surface area contributed by atoms with Crippen LogP contribution in [0.2, 0.25) is 0 Å². The van der Waals surface area contributed by atoms with E-state index >= 15 is 0 Å². The maximum Gasteiger partial charge on any atom is 0.264 e. The van der Waals surface area contributed by atoms with Crippen LogP contribution in [-0.4, -0.2) is 32.9 Å². The Morgan fingerprint density at radius 1 is 1.40 bits per heavy atom. The minimum absolute atomic E-state index is 0.395. The van der Waals surface area contributed by atoms with E-state index in [1.54, 1.807) is 0 Å². The number of hydrogen-bond donors (Lipinski definition) is 2. The van der Waals surface area contributed by atoms with Crippen LogP contribution in [-0.2, 0) is 6.42 Å². The van der Waals surface area contributed by atoms with Crippen LogP contribution < -0.4 is 5.73 Å². The number of fused-ring (bicyclic) bond motifs is 1. The summed E-state index contributed by atoms with van der Waals surface area (Å²) in [5, 5.41) is 9.84. The molecule has 0 fully saturated rings. The Morgan fingerprint density at radius 3 is 2.93 bits per heavy atom. The quantitative estimate of drug-likeness (QED) is 0.777. The van der Waals surface area contributed by atoms with Crippen LogP contribution in [0.5, 0.6) is 0 Å². The van der Waals surface area contributed by atoms with E-state index in [9.17, 15) is 8.78 Å². The molecule has 0 bridgehead atoms. The lowest BCUT2D eigenvalue weighted by molar-refractivity contribution is 0.0114. The molecule has 3 N–H and O–H groups in total. The zero-order valence-corrected chi connectivity index (χ0v) is 7.74. The van der Waals surface area contributed by atoms with Gasteiger partial charge in [0.2, 0.25) is 5.65 Å². The summed E-state index contributed by atoms with van der Waals surface area (Å²) in [6, 6.07) is 1.52. The molecule has 0 aliphatic carbocycles. The highest BCUT2D eigenvalue weighted by Gasteiger charge is 2.27. The molecule has 0 saturated carbocycles. The molecule has 5 nitrogen and oxygen atoms in total. The molecule has 0 saturated heterocycles. The molecule has 0 unspecified atom stereocenters. The summed E-state index contributed by atoms with van der Waals surface area (Å²) in [5.74, 6) is -2.90. The highest BCUT2D eigenvalue weighted by molar-refractivity contribution is 5.68. The molecule has 0 aliphatic rings. The van der Waals surface area contributed by atoms with Crippen molar-refractivity contribution >= 4 is 11.2 Å². The highest BCUT2D eigenvalue weighted by Crippen LogP contribution is 2.19. The number of nitrogens with one attached hydrogen (secondary N) is 1. The van der Waals surface area contributed by atoms with Crippen molar-refractivity contribution in [1.82, 2.24) is 20.4 Å². The maximum atomic E-state index is 13.0. The average Bonchev–Trinajstić information content (AvgIpc) is 2.64. The standard InChI is InChI=1S/C8H9F2N5/c9-8(10,4-11)2-5-1-6-7(12-3-5)14-15-13-6/h1,3H,2,4,11H2,(H,12,13,14,15). The third kappa shape index (κ3) is 2.07. The van der Waals surface area contributed by atoms with Gasteiger partial charge >= 0.3 is 0 Å². The van der Waals surface area contributed by atoms with E-state index in [-0.39, 0.29) is 0 Å². The van der Waals surface area contributed by atoms with Gasteiger partial charge in [-0.1, -0.05) is 0 Å². The van der Waals surface area contributed by atoms with Gasteiger partial charge in [-0.05, 0) is 11.6 Å². The van der Waals surface area contributed by atoms with Crippen LogP contribution >= 0.6 is 0 Å². The van der Waals surface area contributed by atoms with Gasteiger partial charge in [-0.25, -0.2) is 13.8 Å². The Labute approximate surface area is 83.7 Å². The smallest absolute Gasteiger partial charge is 0.264 e. The number of nitrogens with zero attached hydrogens (tertiary/aromatic N) is 3. The minimum atomic E-state index is -2.90. The van der Waals surface area contributed by atoms with Crippen molar-refractivity contribution in [2.75, 3.05) is 6.54 Å². The molecule has 2 aromatic rings. The number of H-pyrrole nitrogens is 1. The Hall–Kier alpha value is -1.63. The second-order valence-electron chi connectivity index (χ2n) is 3.25. The van der Waals surface area contributed by atoms with Crippen molar-refractivity contribution in [3.8, 4) is 0 Å². The number of aromatic nitrogens is 4. The first-order valence-corrected chi connectivity index (χ1v) is 4.34.